The molecule has 1 N–H and O–H groups in total. The smallest absolute Gasteiger partial charge is 0.257 e. The number of thioether (sulfide) groups is 1. The number of carbonyl (C=O) groups excluding carboxylic acids is 1. The quantitative estimate of drug-likeness (QED) is 0.352. The van der Waals surface area contributed by atoms with Gasteiger partial charge >= 0.3 is 0 Å². The van der Waals surface area contributed by atoms with E-state index in [1.165, 1.54) is 11.3 Å². The van der Waals surface area contributed by atoms with E-state index in [1.807, 2.05) is 60.8 Å². The number of carbonyl (C=O) groups is 1. The molecule has 29 heavy (non-hydrogen) atoms. The highest BCUT2D eigenvalue weighted by Gasteiger charge is 2.15. The number of anilines is 1. The van der Waals surface area contributed by atoms with Gasteiger partial charge in [0, 0.05) is 21.2 Å². The molecule has 4 aromatic rings. The Kier molecular flexibility index (Phi) is 5.87. The largest absolute Gasteiger partial charge is 0.490 e. The Bertz CT molecular complexity index is 1130. The maximum Gasteiger partial charge on any atom is 0.257 e. The number of nitrogens with zero attached hydrogens (tertiary/aromatic N) is 1. The van der Waals surface area contributed by atoms with Crippen molar-refractivity contribution in [1.82, 2.24) is 4.98 Å². The first-order chi connectivity index (χ1) is 14.2. The molecule has 0 aliphatic rings. The Morgan fingerprint density at radius 2 is 2.03 bits per heavy atom. The second-order valence-corrected chi connectivity index (χ2v) is 8.36. The molecule has 1 amide bonds. The molecule has 148 valence electrons. The molecule has 0 radical (unpaired) electrons. The average Bonchev–Trinajstić information content (AvgIpc) is 3.36. The Morgan fingerprint density at radius 1 is 1.21 bits per heavy atom. The maximum absolute atomic E-state index is 12.5. The number of para-hydroxylation sites is 1. The number of ether oxygens (including phenoxy) is 1. The molecule has 0 aliphatic carbocycles. The summed E-state index contributed by atoms with van der Waals surface area (Å²) in [5, 5.41) is 6.21. The summed E-state index contributed by atoms with van der Waals surface area (Å²) in [5.74, 6) is 2.18. The van der Waals surface area contributed by atoms with E-state index in [9.17, 15) is 4.79 Å². The Balaban J connectivity index is 1.51. The molecule has 4 rings (SSSR count). The molecule has 0 saturated carbocycles. The third-order valence-electron chi connectivity index (χ3n) is 4.21. The first kappa shape index (κ1) is 19.5. The minimum atomic E-state index is -0.179. The van der Waals surface area contributed by atoms with Gasteiger partial charge in [-0.05, 0) is 49.1 Å². The Labute approximate surface area is 177 Å². The average molecular weight is 425 g/mol. The van der Waals surface area contributed by atoms with Crippen molar-refractivity contribution in [3.8, 4) is 17.2 Å². The molecule has 0 aliphatic heterocycles. The highest BCUT2D eigenvalue weighted by Crippen LogP contribution is 2.34. The molecule has 2 aromatic heterocycles. The van der Waals surface area contributed by atoms with Crippen LogP contribution in [0.25, 0.3) is 22.4 Å². The van der Waals surface area contributed by atoms with Gasteiger partial charge in [-0.2, -0.15) is 0 Å². The fourth-order valence-electron chi connectivity index (χ4n) is 2.91. The molecule has 0 fully saturated rings. The van der Waals surface area contributed by atoms with Gasteiger partial charge < -0.3 is 9.15 Å². The van der Waals surface area contributed by atoms with E-state index in [2.05, 4.69) is 17.2 Å². The van der Waals surface area contributed by atoms with Crippen molar-refractivity contribution in [2.75, 3.05) is 17.7 Å². The summed E-state index contributed by atoms with van der Waals surface area (Å²) in [4.78, 5) is 18.2. The van der Waals surface area contributed by atoms with Crippen LogP contribution in [-0.2, 0) is 0 Å². The van der Waals surface area contributed by atoms with Gasteiger partial charge in [-0.25, -0.2) is 4.98 Å². The van der Waals surface area contributed by atoms with Gasteiger partial charge in [0.25, 0.3) is 5.91 Å². The van der Waals surface area contributed by atoms with E-state index in [4.69, 9.17) is 9.15 Å². The predicted molar refractivity (Wildman–Crippen MR) is 119 cm³/mol. The number of fused-ring (bicyclic) bond motifs is 1. The van der Waals surface area contributed by atoms with Gasteiger partial charge in [0.15, 0.2) is 22.2 Å². The molecule has 0 saturated heterocycles. The lowest BCUT2D eigenvalue weighted by atomic mass is 10.2. The third kappa shape index (κ3) is 4.31. The van der Waals surface area contributed by atoms with Crippen LogP contribution in [0.15, 0.2) is 63.2 Å². The predicted octanol–water partition coefficient (Wildman–Crippen LogP) is 6.32. The van der Waals surface area contributed by atoms with Gasteiger partial charge in [0.1, 0.15) is 5.69 Å². The Morgan fingerprint density at radius 3 is 2.79 bits per heavy atom. The van der Waals surface area contributed by atoms with Crippen LogP contribution in [0.3, 0.4) is 0 Å². The van der Waals surface area contributed by atoms with Crippen LogP contribution in [0.2, 0.25) is 0 Å². The van der Waals surface area contributed by atoms with Gasteiger partial charge in [-0.1, -0.05) is 19.1 Å². The first-order valence-electron chi connectivity index (χ1n) is 9.33. The molecule has 7 heteroatoms. The van der Waals surface area contributed by atoms with Gasteiger partial charge in [0.2, 0.25) is 0 Å². The first-order valence-corrected chi connectivity index (χ1v) is 11.2. The molecule has 0 atom stereocenters. The van der Waals surface area contributed by atoms with Crippen LogP contribution in [0.4, 0.5) is 5.13 Å². The van der Waals surface area contributed by atoms with Crippen LogP contribution >= 0.6 is 23.1 Å². The molecule has 0 spiro atoms. The van der Waals surface area contributed by atoms with Crippen molar-refractivity contribution in [2.45, 2.75) is 18.7 Å². The number of aromatic nitrogens is 1. The summed E-state index contributed by atoms with van der Waals surface area (Å²) in [6, 6.07) is 15.3. The normalized spacial score (nSPS) is 11.0. The van der Waals surface area contributed by atoms with Crippen molar-refractivity contribution in [2.24, 2.45) is 0 Å². The number of furan rings is 1. The minimum absolute atomic E-state index is 0.179. The number of benzene rings is 2. The highest BCUT2D eigenvalue weighted by atomic mass is 32.2. The van der Waals surface area contributed by atoms with Crippen LogP contribution < -0.4 is 10.1 Å². The number of hydrogen-bond donors (Lipinski definition) is 1. The summed E-state index contributed by atoms with van der Waals surface area (Å²) in [6.07, 6.45) is 0. The van der Waals surface area contributed by atoms with Crippen LogP contribution in [0.1, 0.15) is 24.2 Å². The van der Waals surface area contributed by atoms with E-state index in [0.717, 1.165) is 16.0 Å². The zero-order valence-corrected chi connectivity index (χ0v) is 17.7. The van der Waals surface area contributed by atoms with E-state index in [0.29, 0.717) is 40.1 Å². The van der Waals surface area contributed by atoms with Gasteiger partial charge in [-0.3, -0.25) is 10.1 Å². The van der Waals surface area contributed by atoms with Gasteiger partial charge in [0.05, 0.1) is 6.61 Å². The molecular formula is C22H20N2O3S2. The van der Waals surface area contributed by atoms with Crippen LogP contribution in [-0.4, -0.2) is 23.3 Å². The summed E-state index contributed by atoms with van der Waals surface area (Å²) in [6.45, 7) is 4.61. The second-order valence-electron chi connectivity index (χ2n) is 6.17. The minimum Gasteiger partial charge on any atom is -0.490 e. The molecule has 2 heterocycles. The lowest BCUT2D eigenvalue weighted by Gasteiger charge is -2.03. The number of hydrogen-bond acceptors (Lipinski definition) is 6. The molecule has 5 nitrogen and oxygen atoms in total. The van der Waals surface area contributed by atoms with Crippen molar-refractivity contribution in [3.63, 3.8) is 0 Å². The van der Waals surface area contributed by atoms with Crippen molar-refractivity contribution < 1.29 is 13.9 Å². The standard InChI is InChI=1S/C22H20N2O3S2/c1-3-26-18-7-5-6-15-12-19(27-20(15)18)17-13-29-22(23-17)24-21(25)14-8-10-16(11-9-14)28-4-2/h5-13H,3-4H2,1-2H3,(H,23,24,25). The lowest BCUT2D eigenvalue weighted by Crippen LogP contribution is -2.11. The van der Waals surface area contributed by atoms with Crippen molar-refractivity contribution >= 4 is 45.1 Å². The summed E-state index contributed by atoms with van der Waals surface area (Å²) in [7, 11) is 0. The zero-order valence-electron chi connectivity index (χ0n) is 16.1. The summed E-state index contributed by atoms with van der Waals surface area (Å²) >= 11 is 3.11. The van der Waals surface area contributed by atoms with Crippen LogP contribution in [0.5, 0.6) is 5.75 Å². The number of rotatable bonds is 7. The van der Waals surface area contributed by atoms with E-state index in [-0.39, 0.29) is 5.91 Å². The van der Waals surface area contributed by atoms with Gasteiger partial charge in [-0.15, -0.1) is 23.1 Å². The van der Waals surface area contributed by atoms with Crippen molar-refractivity contribution in [1.29, 1.82) is 0 Å². The summed E-state index contributed by atoms with van der Waals surface area (Å²) < 4.78 is 11.6. The summed E-state index contributed by atoms with van der Waals surface area (Å²) in [5.41, 5.74) is 1.99. The fourth-order valence-corrected chi connectivity index (χ4v) is 4.27. The fraction of sp³-hybridized carbons (Fsp3) is 0.182. The topological polar surface area (TPSA) is 64.4 Å². The van der Waals surface area contributed by atoms with Crippen LogP contribution in [0, 0.1) is 0 Å². The number of thiazole rings is 1. The highest BCUT2D eigenvalue weighted by molar-refractivity contribution is 7.99. The SMILES string of the molecule is CCOc1cccc2cc(-c3csc(NC(=O)c4ccc(SCC)cc4)n3)oc12. The molecule has 2 aromatic carbocycles. The molecule has 0 bridgehead atoms. The molecule has 0 unspecified atom stereocenters. The second kappa shape index (κ2) is 8.71. The van der Waals surface area contributed by atoms with E-state index < -0.39 is 0 Å². The van der Waals surface area contributed by atoms with E-state index in [1.54, 1.807) is 11.8 Å². The lowest BCUT2D eigenvalue weighted by molar-refractivity contribution is 0.102. The van der Waals surface area contributed by atoms with Crippen molar-refractivity contribution in [3.05, 3.63) is 59.5 Å². The number of nitrogens with one attached hydrogen (secondary N) is 1. The maximum atomic E-state index is 12.5. The monoisotopic (exact) mass is 424 g/mol. The zero-order chi connectivity index (χ0) is 20.2. The Hall–Kier alpha value is -2.77. The third-order valence-corrected chi connectivity index (χ3v) is 5.86. The number of amides is 1. The van der Waals surface area contributed by atoms with E-state index >= 15 is 0 Å². The molecular weight excluding hydrogens is 404 g/mol.